The maximum atomic E-state index is 11.8. The van der Waals surface area contributed by atoms with Gasteiger partial charge in [0.15, 0.2) is 11.5 Å². The summed E-state index contributed by atoms with van der Waals surface area (Å²) in [4.78, 5) is 13.9. The number of carbonyl (C=O) groups excluding carboxylic acids is 1. The van der Waals surface area contributed by atoms with E-state index in [0.29, 0.717) is 18.0 Å². The van der Waals surface area contributed by atoms with Crippen LogP contribution in [0.15, 0.2) is 24.3 Å². The van der Waals surface area contributed by atoms with Gasteiger partial charge in [-0.15, -0.1) is 0 Å². The normalized spacial score (nSPS) is 11.3. The van der Waals surface area contributed by atoms with Crippen LogP contribution < -0.4 is 14.8 Å². The molecule has 0 atom stereocenters. The standard InChI is InChI=1S/C18H28N2O3/c1-14(2)23-16-9-7-15(13-17(16)22-5)8-10-18(21)19-11-6-12-20(3)4/h7-10,13-14H,6,11-12H2,1-5H3,(H,19,21). The van der Waals surface area contributed by atoms with Crippen LogP contribution in [0, 0.1) is 0 Å². The Labute approximate surface area is 139 Å². The number of ether oxygens (including phenoxy) is 2. The van der Waals surface area contributed by atoms with Crippen molar-refractivity contribution < 1.29 is 14.3 Å². The monoisotopic (exact) mass is 320 g/mol. The second-order valence-corrected chi connectivity index (χ2v) is 5.86. The van der Waals surface area contributed by atoms with Gasteiger partial charge in [0.05, 0.1) is 13.2 Å². The molecule has 1 aromatic carbocycles. The van der Waals surface area contributed by atoms with Gasteiger partial charge in [0, 0.05) is 12.6 Å². The van der Waals surface area contributed by atoms with E-state index >= 15 is 0 Å². The van der Waals surface area contributed by atoms with Crippen LogP contribution in [-0.2, 0) is 4.79 Å². The van der Waals surface area contributed by atoms with Crippen molar-refractivity contribution in [1.82, 2.24) is 10.2 Å². The molecule has 128 valence electrons. The maximum Gasteiger partial charge on any atom is 0.243 e. The Morgan fingerprint density at radius 3 is 2.65 bits per heavy atom. The summed E-state index contributed by atoms with van der Waals surface area (Å²) < 4.78 is 11.0. The summed E-state index contributed by atoms with van der Waals surface area (Å²) in [6.45, 7) is 5.56. The highest BCUT2D eigenvalue weighted by Crippen LogP contribution is 2.29. The van der Waals surface area contributed by atoms with Crippen molar-refractivity contribution in [3.8, 4) is 11.5 Å². The first-order chi connectivity index (χ1) is 10.9. The molecule has 0 aromatic heterocycles. The molecule has 0 aliphatic rings. The van der Waals surface area contributed by atoms with E-state index in [1.54, 1.807) is 13.2 Å². The molecule has 1 amide bonds. The predicted octanol–water partition coefficient (Wildman–Crippen LogP) is 2.56. The molecule has 0 aliphatic carbocycles. The lowest BCUT2D eigenvalue weighted by Crippen LogP contribution is -2.25. The van der Waals surface area contributed by atoms with Crippen LogP contribution in [0.25, 0.3) is 6.08 Å². The quantitative estimate of drug-likeness (QED) is 0.561. The van der Waals surface area contributed by atoms with Crippen LogP contribution >= 0.6 is 0 Å². The molecule has 1 N–H and O–H groups in total. The van der Waals surface area contributed by atoms with Gasteiger partial charge in [-0.2, -0.15) is 0 Å². The zero-order valence-electron chi connectivity index (χ0n) is 14.8. The lowest BCUT2D eigenvalue weighted by atomic mass is 10.2. The Balaban J connectivity index is 2.57. The van der Waals surface area contributed by atoms with E-state index in [2.05, 4.69) is 10.2 Å². The summed E-state index contributed by atoms with van der Waals surface area (Å²) in [7, 11) is 5.64. The number of hydrogen-bond donors (Lipinski definition) is 1. The number of amides is 1. The van der Waals surface area contributed by atoms with Crippen LogP contribution in [0.1, 0.15) is 25.8 Å². The number of nitrogens with one attached hydrogen (secondary N) is 1. The largest absolute Gasteiger partial charge is 0.493 e. The topological polar surface area (TPSA) is 50.8 Å². The molecule has 0 bridgehead atoms. The van der Waals surface area contributed by atoms with Gasteiger partial charge in [0.2, 0.25) is 5.91 Å². The molecule has 0 aliphatic heterocycles. The third-order valence-electron chi connectivity index (χ3n) is 3.06. The van der Waals surface area contributed by atoms with Gasteiger partial charge in [-0.25, -0.2) is 0 Å². The van der Waals surface area contributed by atoms with E-state index in [1.807, 2.05) is 46.1 Å². The maximum absolute atomic E-state index is 11.8. The Hall–Kier alpha value is -2.01. The molecule has 1 aromatic rings. The number of benzene rings is 1. The number of carbonyl (C=O) groups is 1. The third-order valence-corrected chi connectivity index (χ3v) is 3.06. The zero-order valence-corrected chi connectivity index (χ0v) is 14.8. The van der Waals surface area contributed by atoms with Crippen LogP contribution in [0.4, 0.5) is 0 Å². The minimum atomic E-state index is -0.0924. The van der Waals surface area contributed by atoms with Crippen molar-refractivity contribution in [3.63, 3.8) is 0 Å². The lowest BCUT2D eigenvalue weighted by molar-refractivity contribution is -0.116. The summed E-state index contributed by atoms with van der Waals surface area (Å²) in [6.07, 6.45) is 4.32. The molecule has 0 saturated heterocycles. The van der Waals surface area contributed by atoms with Gasteiger partial charge < -0.3 is 19.7 Å². The van der Waals surface area contributed by atoms with Gasteiger partial charge >= 0.3 is 0 Å². The van der Waals surface area contributed by atoms with E-state index in [4.69, 9.17) is 9.47 Å². The molecule has 0 heterocycles. The number of hydrogen-bond acceptors (Lipinski definition) is 4. The Bertz CT molecular complexity index is 525. The average Bonchev–Trinajstić information content (AvgIpc) is 2.49. The van der Waals surface area contributed by atoms with Gasteiger partial charge in [-0.05, 0) is 64.7 Å². The van der Waals surface area contributed by atoms with Crippen molar-refractivity contribution in [2.24, 2.45) is 0 Å². The van der Waals surface area contributed by atoms with Crippen LogP contribution in [0.5, 0.6) is 11.5 Å². The molecule has 0 radical (unpaired) electrons. The summed E-state index contributed by atoms with van der Waals surface area (Å²) >= 11 is 0. The van der Waals surface area contributed by atoms with Gasteiger partial charge in [-0.1, -0.05) is 6.07 Å². The van der Waals surface area contributed by atoms with Crippen molar-refractivity contribution in [2.75, 3.05) is 34.3 Å². The third kappa shape index (κ3) is 7.70. The summed E-state index contributed by atoms with van der Waals surface area (Å²) in [5.41, 5.74) is 0.890. The molecule has 0 saturated carbocycles. The molecule has 0 spiro atoms. The average molecular weight is 320 g/mol. The summed E-state index contributed by atoms with van der Waals surface area (Å²) in [5.74, 6) is 1.27. The van der Waals surface area contributed by atoms with E-state index in [-0.39, 0.29) is 12.0 Å². The van der Waals surface area contributed by atoms with Crippen LogP contribution in [-0.4, -0.2) is 51.2 Å². The number of rotatable bonds is 9. The Morgan fingerprint density at radius 2 is 2.04 bits per heavy atom. The Morgan fingerprint density at radius 1 is 1.30 bits per heavy atom. The first-order valence-electron chi connectivity index (χ1n) is 7.87. The van der Waals surface area contributed by atoms with Crippen molar-refractivity contribution >= 4 is 12.0 Å². The van der Waals surface area contributed by atoms with Gasteiger partial charge in [0.1, 0.15) is 0 Å². The number of methoxy groups -OCH3 is 1. The van der Waals surface area contributed by atoms with Crippen molar-refractivity contribution in [1.29, 1.82) is 0 Å². The molecular formula is C18H28N2O3. The minimum absolute atomic E-state index is 0.0817. The smallest absolute Gasteiger partial charge is 0.243 e. The zero-order chi connectivity index (χ0) is 17.2. The highest BCUT2D eigenvalue weighted by Gasteiger charge is 2.06. The van der Waals surface area contributed by atoms with Crippen LogP contribution in [0.3, 0.4) is 0 Å². The fourth-order valence-corrected chi connectivity index (χ4v) is 1.98. The van der Waals surface area contributed by atoms with Crippen LogP contribution in [0.2, 0.25) is 0 Å². The second kappa shape index (κ2) is 9.90. The predicted molar refractivity (Wildman–Crippen MR) is 94.0 cm³/mol. The molecular weight excluding hydrogens is 292 g/mol. The van der Waals surface area contributed by atoms with Gasteiger partial charge in [0.25, 0.3) is 0 Å². The fraction of sp³-hybridized carbons (Fsp3) is 0.500. The Kier molecular flexibility index (Phi) is 8.19. The van der Waals surface area contributed by atoms with E-state index in [9.17, 15) is 4.79 Å². The second-order valence-electron chi connectivity index (χ2n) is 5.86. The molecule has 0 fully saturated rings. The number of nitrogens with zero attached hydrogens (tertiary/aromatic N) is 1. The first kappa shape index (κ1) is 19.0. The first-order valence-corrected chi connectivity index (χ1v) is 7.87. The fourth-order valence-electron chi connectivity index (χ4n) is 1.98. The summed E-state index contributed by atoms with van der Waals surface area (Å²) in [6, 6.07) is 5.61. The van der Waals surface area contributed by atoms with Crippen molar-refractivity contribution in [3.05, 3.63) is 29.8 Å². The molecule has 5 nitrogen and oxygen atoms in total. The summed E-state index contributed by atoms with van der Waals surface area (Å²) in [5, 5.41) is 2.87. The minimum Gasteiger partial charge on any atom is -0.493 e. The SMILES string of the molecule is COc1cc(C=CC(=O)NCCCN(C)C)ccc1OC(C)C. The molecule has 5 heteroatoms. The van der Waals surface area contributed by atoms with E-state index in [0.717, 1.165) is 18.5 Å². The molecule has 23 heavy (non-hydrogen) atoms. The van der Waals surface area contributed by atoms with E-state index < -0.39 is 0 Å². The lowest BCUT2D eigenvalue weighted by Gasteiger charge is -2.13. The van der Waals surface area contributed by atoms with Crippen molar-refractivity contribution in [2.45, 2.75) is 26.4 Å². The van der Waals surface area contributed by atoms with E-state index in [1.165, 1.54) is 6.08 Å². The molecule has 0 unspecified atom stereocenters. The highest BCUT2D eigenvalue weighted by atomic mass is 16.5. The van der Waals surface area contributed by atoms with Gasteiger partial charge in [-0.3, -0.25) is 4.79 Å². The highest BCUT2D eigenvalue weighted by molar-refractivity contribution is 5.91. The molecule has 1 rings (SSSR count).